The molecule has 0 aliphatic carbocycles. The van der Waals surface area contributed by atoms with Gasteiger partial charge < -0.3 is 20.4 Å². The van der Waals surface area contributed by atoms with E-state index in [9.17, 15) is 9.59 Å². The van der Waals surface area contributed by atoms with Crippen LogP contribution in [0.25, 0.3) is 11.0 Å². The zero-order chi connectivity index (χ0) is 20.6. The maximum absolute atomic E-state index is 12.3. The number of carbonyl (C=O) groups is 2. The lowest BCUT2D eigenvalue weighted by Gasteiger charge is -2.04. The normalized spacial score (nSPS) is 10.8. The molecule has 7 heteroatoms. The standard InChI is InChI=1S/C22H26N4O3/c1-15(27)24-18-8-4-16(5-9-18)6-11-21-25-19-10-7-17(14-20(19)26-21)22(28)23-12-3-13-29-2/h4-5,7-10,14H,3,6,11-13H2,1-2H3,(H,23,28)(H,24,27)(H,25,26). The van der Waals surface area contributed by atoms with E-state index in [1.54, 1.807) is 13.2 Å². The summed E-state index contributed by atoms with van der Waals surface area (Å²) < 4.78 is 4.98. The number of anilines is 1. The van der Waals surface area contributed by atoms with Crippen molar-refractivity contribution in [1.82, 2.24) is 15.3 Å². The number of nitrogens with one attached hydrogen (secondary N) is 3. The third-order valence-electron chi connectivity index (χ3n) is 4.53. The number of nitrogens with zero attached hydrogens (tertiary/aromatic N) is 1. The van der Waals surface area contributed by atoms with Crippen molar-refractivity contribution in [3.8, 4) is 0 Å². The van der Waals surface area contributed by atoms with Crippen LogP contribution in [0.15, 0.2) is 42.5 Å². The zero-order valence-corrected chi connectivity index (χ0v) is 16.7. The maximum Gasteiger partial charge on any atom is 0.251 e. The molecule has 2 amide bonds. The van der Waals surface area contributed by atoms with Crippen LogP contribution in [0.1, 0.15) is 35.1 Å². The minimum atomic E-state index is -0.0987. The predicted molar refractivity (Wildman–Crippen MR) is 113 cm³/mol. The molecule has 0 bridgehead atoms. The highest BCUT2D eigenvalue weighted by Crippen LogP contribution is 2.16. The second kappa shape index (κ2) is 9.84. The quantitative estimate of drug-likeness (QED) is 0.486. The largest absolute Gasteiger partial charge is 0.385 e. The molecule has 0 unspecified atom stereocenters. The fraction of sp³-hybridized carbons (Fsp3) is 0.318. The third-order valence-corrected chi connectivity index (χ3v) is 4.53. The first-order chi connectivity index (χ1) is 14.0. The number of rotatable bonds is 9. The Hall–Kier alpha value is -3.19. The number of fused-ring (bicyclic) bond motifs is 1. The van der Waals surface area contributed by atoms with Crippen LogP contribution in [0, 0.1) is 0 Å². The number of benzene rings is 2. The van der Waals surface area contributed by atoms with Gasteiger partial charge in [0, 0.05) is 44.9 Å². The van der Waals surface area contributed by atoms with Gasteiger partial charge in [0.05, 0.1) is 11.0 Å². The molecule has 2 aromatic carbocycles. The van der Waals surface area contributed by atoms with Gasteiger partial charge in [-0.25, -0.2) is 4.98 Å². The second-order valence-corrected chi connectivity index (χ2v) is 6.90. The molecular formula is C22H26N4O3. The Morgan fingerprint density at radius 2 is 1.90 bits per heavy atom. The second-order valence-electron chi connectivity index (χ2n) is 6.90. The van der Waals surface area contributed by atoms with Crippen molar-refractivity contribution in [2.45, 2.75) is 26.2 Å². The minimum Gasteiger partial charge on any atom is -0.385 e. The Morgan fingerprint density at radius 3 is 2.62 bits per heavy atom. The predicted octanol–water partition coefficient (Wildman–Crippen LogP) is 3.07. The SMILES string of the molecule is COCCCNC(=O)c1ccc2nc(CCc3ccc(NC(C)=O)cc3)[nH]c2c1. The summed E-state index contributed by atoms with van der Waals surface area (Å²) in [5.74, 6) is 0.699. The molecule has 0 saturated carbocycles. The summed E-state index contributed by atoms with van der Waals surface area (Å²) in [6, 6.07) is 13.3. The molecule has 0 aliphatic rings. The average Bonchev–Trinajstić information content (AvgIpc) is 3.12. The Morgan fingerprint density at radius 1 is 1.10 bits per heavy atom. The average molecular weight is 394 g/mol. The van der Waals surface area contributed by atoms with Crippen LogP contribution >= 0.6 is 0 Å². The topological polar surface area (TPSA) is 96.1 Å². The molecule has 3 aromatic rings. The molecule has 7 nitrogen and oxygen atoms in total. The fourth-order valence-electron chi connectivity index (χ4n) is 3.06. The van der Waals surface area contributed by atoms with E-state index in [0.29, 0.717) is 18.7 Å². The van der Waals surface area contributed by atoms with Gasteiger partial charge >= 0.3 is 0 Å². The number of aromatic nitrogens is 2. The highest BCUT2D eigenvalue weighted by Gasteiger charge is 2.09. The molecule has 3 N–H and O–H groups in total. The Balaban J connectivity index is 1.59. The van der Waals surface area contributed by atoms with Crippen molar-refractivity contribution < 1.29 is 14.3 Å². The number of hydrogen-bond donors (Lipinski definition) is 3. The summed E-state index contributed by atoms with van der Waals surface area (Å²) in [6.45, 7) is 2.70. The molecule has 3 rings (SSSR count). The first kappa shape index (κ1) is 20.5. The molecule has 0 atom stereocenters. The van der Waals surface area contributed by atoms with E-state index in [0.717, 1.165) is 47.4 Å². The van der Waals surface area contributed by atoms with Crippen LogP contribution in [0.4, 0.5) is 5.69 Å². The zero-order valence-electron chi connectivity index (χ0n) is 16.7. The lowest BCUT2D eigenvalue weighted by atomic mass is 10.1. The van der Waals surface area contributed by atoms with Crippen molar-refractivity contribution in [2.24, 2.45) is 0 Å². The van der Waals surface area contributed by atoms with Crippen LogP contribution in [0.5, 0.6) is 0 Å². The first-order valence-electron chi connectivity index (χ1n) is 9.67. The molecule has 0 spiro atoms. The van der Waals surface area contributed by atoms with E-state index in [4.69, 9.17) is 4.74 Å². The molecular weight excluding hydrogens is 368 g/mol. The van der Waals surface area contributed by atoms with Crippen molar-refractivity contribution in [3.63, 3.8) is 0 Å². The van der Waals surface area contributed by atoms with E-state index in [2.05, 4.69) is 20.6 Å². The molecule has 152 valence electrons. The number of amides is 2. The molecule has 0 saturated heterocycles. The summed E-state index contributed by atoms with van der Waals surface area (Å²) in [6.07, 6.45) is 2.37. The number of aromatic amines is 1. The third kappa shape index (κ3) is 5.89. The highest BCUT2D eigenvalue weighted by atomic mass is 16.5. The Kier molecular flexibility index (Phi) is 6.97. The van der Waals surface area contributed by atoms with E-state index in [-0.39, 0.29) is 11.8 Å². The van der Waals surface area contributed by atoms with Gasteiger partial charge in [0.1, 0.15) is 5.82 Å². The lowest BCUT2D eigenvalue weighted by molar-refractivity contribution is -0.114. The number of imidazole rings is 1. The summed E-state index contributed by atoms with van der Waals surface area (Å²) in [5, 5.41) is 5.65. The Labute approximate surface area is 169 Å². The van der Waals surface area contributed by atoms with Crippen LogP contribution in [0.2, 0.25) is 0 Å². The first-order valence-corrected chi connectivity index (χ1v) is 9.67. The number of hydrogen-bond acceptors (Lipinski definition) is 4. The minimum absolute atomic E-state index is 0.0805. The monoisotopic (exact) mass is 394 g/mol. The number of carbonyl (C=O) groups excluding carboxylic acids is 2. The van der Waals surface area contributed by atoms with Crippen LogP contribution in [-0.2, 0) is 22.4 Å². The molecule has 1 aromatic heterocycles. The summed E-state index contributed by atoms with van der Waals surface area (Å²) in [4.78, 5) is 31.3. The highest BCUT2D eigenvalue weighted by molar-refractivity contribution is 5.97. The van der Waals surface area contributed by atoms with Gasteiger partial charge in [-0.05, 0) is 48.7 Å². The maximum atomic E-state index is 12.3. The lowest BCUT2D eigenvalue weighted by Crippen LogP contribution is -2.25. The number of H-pyrrole nitrogens is 1. The molecule has 0 radical (unpaired) electrons. The van der Waals surface area contributed by atoms with Gasteiger partial charge in [0.25, 0.3) is 5.91 Å². The van der Waals surface area contributed by atoms with Gasteiger partial charge in [0.2, 0.25) is 5.91 Å². The van der Waals surface area contributed by atoms with Gasteiger partial charge in [-0.2, -0.15) is 0 Å². The van der Waals surface area contributed by atoms with Gasteiger partial charge in [0.15, 0.2) is 0 Å². The van der Waals surface area contributed by atoms with Crippen LogP contribution in [0.3, 0.4) is 0 Å². The van der Waals surface area contributed by atoms with Crippen LogP contribution < -0.4 is 10.6 Å². The van der Waals surface area contributed by atoms with Crippen molar-refractivity contribution in [3.05, 3.63) is 59.4 Å². The van der Waals surface area contributed by atoms with Crippen molar-refractivity contribution in [2.75, 3.05) is 25.6 Å². The van der Waals surface area contributed by atoms with E-state index < -0.39 is 0 Å². The molecule has 0 fully saturated rings. The Bertz CT molecular complexity index is 979. The number of aryl methyl sites for hydroxylation is 2. The van der Waals surface area contributed by atoms with Gasteiger partial charge in [-0.3, -0.25) is 9.59 Å². The van der Waals surface area contributed by atoms with E-state index in [1.165, 1.54) is 6.92 Å². The summed E-state index contributed by atoms with van der Waals surface area (Å²) >= 11 is 0. The fourth-order valence-corrected chi connectivity index (χ4v) is 3.06. The molecule has 1 heterocycles. The summed E-state index contributed by atoms with van der Waals surface area (Å²) in [7, 11) is 1.65. The molecule has 0 aliphatic heterocycles. The van der Waals surface area contributed by atoms with Crippen molar-refractivity contribution in [1.29, 1.82) is 0 Å². The molecule has 29 heavy (non-hydrogen) atoms. The number of ether oxygens (including phenoxy) is 1. The smallest absolute Gasteiger partial charge is 0.251 e. The van der Waals surface area contributed by atoms with E-state index >= 15 is 0 Å². The van der Waals surface area contributed by atoms with Crippen LogP contribution in [-0.4, -0.2) is 42.0 Å². The summed E-state index contributed by atoms with van der Waals surface area (Å²) in [5.41, 5.74) is 4.26. The van der Waals surface area contributed by atoms with E-state index in [1.807, 2.05) is 36.4 Å². The van der Waals surface area contributed by atoms with Gasteiger partial charge in [-0.1, -0.05) is 12.1 Å². The number of methoxy groups -OCH3 is 1. The van der Waals surface area contributed by atoms with Gasteiger partial charge in [-0.15, -0.1) is 0 Å². The van der Waals surface area contributed by atoms with Crippen molar-refractivity contribution >= 4 is 28.5 Å².